The second-order valence-electron chi connectivity index (χ2n) is 4.68. The highest BCUT2D eigenvalue weighted by Gasteiger charge is 2.15. The Bertz CT molecular complexity index is 388. The van der Waals surface area contributed by atoms with Crippen molar-refractivity contribution in [3.05, 3.63) is 42.3 Å². The fraction of sp³-hybridized carbons (Fsp3) is 0.308. The summed E-state index contributed by atoms with van der Waals surface area (Å²) in [6.07, 6.45) is 1.44. The van der Waals surface area contributed by atoms with E-state index in [1.54, 1.807) is 0 Å². The SMILES string of the molecule is CC(C)(C)C(=N)/C=C(/O)Nc1ccccc1. The van der Waals surface area contributed by atoms with E-state index >= 15 is 0 Å². The van der Waals surface area contributed by atoms with Crippen molar-refractivity contribution in [2.45, 2.75) is 20.8 Å². The molecule has 0 saturated heterocycles. The van der Waals surface area contributed by atoms with Gasteiger partial charge < -0.3 is 15.8 Å². The van der Waals surface area contributed by atoms with E-state index in [0.717, 1.165) is 5.69 Å². The summed E-state index contributed by atoms with van der Waals surface area (Å²) in [5.41, 5.74) is 0.929. The number of hydrogen-bond acceptors (Lipinski definition) is 3. The first-order valence-corrected chi connectivity index (χ1v) is 5.21. The van der Waals surface area contributed by atoms with Gasteiger partial charge in [0.05, 0.1) is 0 Å². The first-order valence-electron chi connectivity index (χ1n) is 5.21. The Kier molecular flexibility index (Phi) is 3.72. The van der Waals surface area contributed by atoms with Gasteiger partial charge in [-0.25, -0.2) is 0 Å². The van der Waals surface area contributed by atoms with Crippen molar-refractivity contribution in [2.24, 2.45) is 5.41 Å². The van der Waals surface area contributed by atoms with E-state index in [2.05, 4.69) is 5.32 Å². The van der Waals surface area contributed by atoms with Gasteiger partial charge in [0.2, 0.25) is 0 Å². The van der Waals surface area contributed by atoms with Crippen molar-refractivity contribution in [1.82, 2.24) is 0 Å². The second kappa shape index (κ2) is 4.84. The zero-order chi connectivity index (χ0) is 12.2. The van der Waals surface area contributed by atoms with Crippen LogP contribution in [-0.4, -0.2) is 10.8 Å². The zero-order valence-corrected chi connectivity index (χ0v) is 9.91. The minimum absolute atomic E-state index is 0.00822. The third-order valence-electron chi connectivity index (χ3n) is 2.14. The molecule has 86 valence electrons. The number of benzene rings is 1. The Balaban J connectivity index is 2.70. The topological polar surface area (TPSA) is 56.1 Å². The molecule has 1 aromatic rings. The van der Waals surface area contributed by atoms with Crippen LogP contribution in [0.1, 0.15) is 20.8 Å². The van der Waals surface area contributed by atoms with Crippen molar-refractivity contribution in [3.63, 3.8) is 0 Å². The lowest BCUT2D eigenvalue weighted by Gasteiger charge is -2.17. The molecule has 3 nitrogen and oxygen atoms in total. The van der Waals surface area contributed by atoms with Crippen molar-refractivity contribution in [1.29, 1.82) is 5.41 Å². The van der Waals surface area contributed by atoms with Gasteiger partial charge in [-0.15, -0.1) is 0 Å². The van der Waals surface area contributed by atoms with Crippen molar-refractivity contribution in [2.75, 3.05) is 5.32 Å². The molecule has 0 amide bonds. The summed E-state index contributed by atoms with van der Waals surface area (Å²) in [7, 11) is 0. The molecule has 0 bridgehead atoms. The van der Waals surface area contributed by atoms with E-state index in [4.69, 9.17) is 5.41 Å². The summed E-state index contributed by atoms with van der Waals surface area (Å²) in [6.45, 7) is 5.80. The van der Waals surface area contributed by atoms with E-state index in [1.807, 2.05) is 51.1 Å². The van der Waals surface area contributed by atoms with Gasteiger partial charge in [-0.05, 0) is 12.1 Å². The van der Waals surface area contributed by atoms with Crippen LogP contribution in [0.5, 0.6) is 0 Å². The molecule has 0 spiro atoms. The molecule has 0 aliphatic rings. The number of anilines is 1. The fourth-order valence-corrected chi connectivity index (χ4v) is 1.06. The zero-order valence-electron chi connectivity index (χ0n) is 9.91. The van der Waals surface area contributed by atoms with Crippen LogP contribution in [0.4, 0.5) is 5.69 Å². The Morgan fingerprint density at radius 3 is 2.31 bits per heavy atom. The molecule has 3 heteroatoms. The lowest BCUT2D eigenvalue weighted by Crippen LogP contribution is -2.18. The summed E-state index contributed by atoms with van der Waals surface area (Å²) < 4.78 is 0. The van der Waals surface area contributed by atoms with Crippen LogP contribution < -0.4 is 5.32 Å². The normalized spacial score (nSPS) is 12.3. The third kappa shape index (κ3) is 3.77. The second-order valence-corrected chi connectivity index (χ2v) is 4.68. The molecule has 0 radical (unpaired) electrons. The van der Waals surface area contributed by atoms with E-state index in [9.17, 15) is 5.11 Å². The van der Waals surface area contributed by atoms with Crippen LogP contribution in [0.25, 0.3) is 0 Å². The molecule has 0 unspecified atom stereocenters. The Morgan fingerprint density at radius 1 is 1.25 bits per heavy atom. The molecule has 0 saturated carbocycles. The number of hydrogen-bond donors (Lipinski definition) is 3. The molecule has 0 atom stereocenters. The van der Waals surface area contributed by atoms with Crippen LogP contribution in [-0.2, 0) is 0 Å². The van der Waals surface area contributed by atoms with Crippen LogP contribution in [0.3, 0.4) is 0 Å². The summed E-state index contributed by atoms with van der Waals surface area (Å²) in [5, 5.41) is 20.2. The molecule has 1 aromatic carbocycles. The lowest BCUT2D eigenvalue weighted by molar-refractivity contribution is 0.419. The molecule has 0 fully saturated rings. The summed E-state index contributed by atoms with van der Waals surface area (Å²) in [4.78, 5) is 0. The van der Waals surface area contributed by atoms with Gasteiger partial charge >= 0.3 is 0 Å². The number of nitrogens with one attached hydrogen (secondary N) is 2. The minimum Gasteiger partial charge on any atom is -0.495 e. The van der Waals surface area contributed by atoms with E-state index < -0.39 is 0 Å². The molecule has 0 heterocycles. The maximum absolute atomic E-state index is 9.65. The van der Waals surface area contributed by atoms with E-state index in [0.29, 0.717) is 5.71 Å². The number of allylic oxidation sites excluding steroid dienone is 1. The maximum Gasteiger partial charge on any atom is 0.190 e. The van der Waals surface area contributed by atoms with Crippen LogP contribution in [0.15, 0.2) is 42.3 Å². The fourth-order valence-electron chi connectivity index (χ4n) is 1.06. The first kappa shape index (κ1) is 12.3. The number of aliphatic hydroxyl groups excluding tert-OH is 1. The molecule has 16 heavy (non-hydrogen) atoms. The average Bonchev–Trinajstić information content (AvgIpc) is 2.17. The van der Waals surface area contributed by atoms with Gasteiger partial charge in [0, 0.05) is 22.9 Å². The van der Waals surface area contributed by atoms with Gasteiger partial charge in [0.1, 0.15) is 0 Å². The predicted molar refractivity (Wildman–Crippen MR) is 68.0 cm³/mol. The van der Waals surface area contributed by atoms with Crippen LogP contribution >= 0.6 is 0 Å². The van der Waals surface area contributed by atoms with E-state index in [-0.39, 0.29) is 11.3 Å². The third-order valence-corrected chi connectivity index (χ3v) is 2.14. The van der Waals surface area contributed by atoms with Gasteiger partial charge in [-0.2, -0.15) is 0 Å². The average molecular weight is 218 g/mol. The van der Waals surface area contributed by atoms with Gasteiger partial charge in [-0.1, -0.05) is 39.0 Å². The van der Waals surface area contributed by atoms with Gasteiger partial charge in [0.25, 0.3) is 0 Å². The first-order chi connectivity index (χ1) is 7.39. The minimum atomic E-state index is -0.258. The standard InChI is InChI=1S/C13H18N2O/c1-13(2,3)11(14)9-12(16)15-10-7-5-4-6-8-10/h4-9,14-16H,1-3H3/b12-9+,14-11?. The Hall–Kier alpha value is -1.77. The quantitative estimate of drug-likeness (QED) is 0.536. The Labute approximate surface area is 96.3 Å². The molecule has 0 aliphatic heterocycles. The highest BCUT2D eigenvalue weighted by Crippen LogP contribution is 2.16. The smallest absolute Gasteiger partial charge is 0.190 e. The molecule has 3 N–H and O–H groups in total. The summed E-state index contributed by atoms with van der Waals surface area (Å²) in [6, 6.07) is 9.37. The van der Waals surface area contributed by atoms with E-state index in [1.165, 1.54) is 6.08 Å². The highest BCUT2D eigenvalue weighted by atomic mass is 16.3. The van der Waals surface area contributed by atoms with Gasteiger partial charge in [-0.3, -0.25) is 0 Å². The molecule has 0 aromatic heterocycles. The summed E-state index contributed by atoms with van der Waals surface area (Å²) >= 11 is 0. The van der Waals surface area contributed by atoms with Crippen molar-refractivity contribution < 1.29 is 5.11 Å². The maximum atomic E-state index is 9.65. The molecule has 1 rings (SSSR count). The van der Waals surface area contributed by atoms with Crippen LogP contribution in [0, 0.1) is 10.8 Å². The lowest BCUT2D eigenvalue weighted by atomic mass is 9.90. The van der Waals surface area contributed by atoms with Crippen molar-refractivity contribution in [3.8, 4) is 0 Å². The van der Waals surface area contributed by atoms with Crippen LogP contribution in [0.2, 0.25) is 0 Å². The Morgan fingerprint density at radius 2 is 1.81 bits per heavy atom. The highest BCUT2D eigenvalue weighted by molar-refractivity contribution is 5.96. The largest absolute Gasteiger partial charge is 0.495 e. The summed E-state index contributed by atoms with van der Waals surface area (Å²) in [5.74, 6) is -0.00822. The van der Waals surface area contributed by atoms with Crippen molar-refractivity contribution >= 4 is 11.4 Å². The molecular weight excluding hydrogens is 200 g/mol. The number of para-hydroxylation sites is 1. The predicted octanol–water partition coefficient (Wildman–Crippen LogP) is 3.56. The monoisotopic (exact) mass is 218 g/mol. The number of rotatable bonds is 3. The molecule has 0 aliphatic carbocycles. The molecular formula is C13H18N2O. The number of aliphatic hydroxyl groups is 1. The van der Waals surface area contributed by atoms with Gasteiger partial charge in [0.15, 0.2) is 5.88 Å².